The van der Waals surface area contributed by atoms with Crippen molar-refractivity contribution >= 4 is 29.1 Å². The predicted octanol–water partition coefficient (Wildman–Crippen LogP) is 2.75. The van der Waals surface area contributed by atoms with Crippen LogP contribution in [0, 0.1) is 0 Å². The smallest absolute Gasteiger partial charge is 0.223 e. The van der Waals surface area contributed by atoms with Crippen LogP contribution in [-0.4, -0.2) is 30.8 Å². The predicted molar refractivity (Wildman–Crippen MR) is 107 cm³/mol. The number of carbonyl (C=O) groups is 3. The molecule has 2 aromatic carbocycles. The second-order valence-corrected chi connectivity index (χ2v) is 6.24. The largest absolute Gasteiger partial charge is 0.356 e. The van der Waals surface area contributed by atoms with Gasteiger partial charge in [0.05, 0.1) is 0 Å². The highest BCUT2D eigenvalue weighted by Gasteiger charge is 2.14. The SMILES string of the molecule is CC(=O)Nc1cccc(N(CCC(=O)NCCc2ccccc2)C(C)=O)c1. The molecule has 0 unspecified atom stereocenters. The summed E-state index contributed by atoms with van der Waals surface area (Å²) in [5.74, 6) is -0.443. The van der Waals surface area contributed by atoms with Gasteiger partial charge in [-0.1, -0.05) is 36.4 Å². The minimum Gasteiger partial charge on any atom is -0.356 e. The number of nitrogens with zero attached hydrogens (tertiary/aromatic N) is 1. The van der Waals surface area contributed by atoms with Gasteiger partial charge in [0.15, 0.2) is 0 Å². The van der Waals surface area contributed by atoms with Crippen molar-refractivity contribution in [3.8, 4) is 0 Å². The standard InChI is InChI=1S/C21H25N3O3/c1-16(25)23-19-9-6-10-20(15-19)24(17(2)26)14-12-21(27)22-13-11-18-7-4-3-5-8-18/h3-10,15H,11-14H2,1-2H3,(H,22,27)(H,23,25). The summed E-state index contributed by atoms with van der Waals surface area (Å²) in [5.41, 5.74) is 2.42. The molecule has 0 bridgehead atoms. The number of amides is 3. The Hall–Kier alpha value is -3.15. The second-order valence-electron chi connectivity index (χ2n) is 6.24. The van der Waals surface area contributed by atoms with Gasteiger partial charge >= 0.3 is 0 Å². The summed E-state index contributed by atoms with van der Waals surface area (Å²) in [6, 6.07) is 16.9. The second kappa shape index (κ2) is 10.1. The number of nitrogens with one attached hydrogen (secondary N) is 2. The van der Waals surface area contributed by atoms with Crippen LogP contribution in [0.25, 0.3) is 0 Å². The monoisotopic (exact) mass is 367 g/mol. The van der Waals surface area contributed by atoms with Crippen LogP contribution in [0.2, 0.25) is 0 Å². The van der Waals surface area contributed by atoms with Crippen molar-refractivity contribution in [2.45, 2.75) is 26.7 Å². The van der Waals surface area contributed by atoms with E-state index in [9.17, 15) is 14.4 Å². The topological polar surface area (TPSA) is 78.5 Å². The molecule has 0 saturated carbocycles. The fourth-order valence-electron chi connectivity index (χ4n) is 2.72. The van der Waals surface area contributed by atoms with E-state index in [4.69, 9.17) is 0 Å². The van der Waals surface area contributed by atoms with E-state index in [2.05, 4.69) is 10.6 Å². The lowest BCUT2D eigenvalue weighted by Gasteiger charge is -2.21. The molecule has 0 fully saturated rings. The number of benzene rings is 2. The third-order valence-electron chi connectivity index (χ3n) is 4.00. The molecular formula is C21H25N3O3. The van der Waals surface area contributed by atoms with Gasteiger partial charge in [0.25, 0.3) is 0 Å². The molecular weight excluding hydrogens is 342 g/mol. The molecule has 2 N–H and O–H groups in total. The minimum atomic E-state index is -0.181. The molecule has 0 atom stereocenters. The number of carbonyl (C=O) groups excluding carboxylic acids is 3. The molecule has 6 heteroatoms. The van der Waals surface area contributed by atoms with Crippen molar-refractivity contribution < 1.29 is 14.4 Å². The van der Waals surface area contributed by atoms with Crippen LogP contribution in [0.1, 0.15) is 25.8 Å². The highest BCUT2D eigenvalue weighted by atomic mass is 16.2. The van der Waals surface area contributed by atoms with E-state index in [0.29, 0.717) is 17.9 Å². The molecule has 0 aliphatic rings. The van der Waals surface area contributed by atoms with Crippen LogP contribution >= 0.6 is 0 Å². The van der Waals surface area contributed by atoms with Gasteiger partial charge in [0.2, 0.25) is 17.7 Å². The van der Waals surface area contributed by atoms with E-state index in [1.54, 1.807) is 24.3 Å². The van der Waals surface area contributed by atoms with Gasteiger partial charge in [0, 0.05) is 44.7 Å². The van der Waals surface area contributed by atoms with Gasteiger partial charge < -0.3 is 15.5 Å². The number of rotatable bonds is 8. The first-order chi connectivity index (χ1) is 13.0. The summed E-state index contributed by atoms with van der Waals surface area (Å²) in [6.45, 7) is 3.71. The van der Waals surface area contributed by atoms with Gasteiger partial charge in [-0.25, -0.2) is 0 Å². The van der Waals surface area contributed by atoms with E-state index >= 15 is 0 Å². The first kappa shape index (κ1) is 20.2. The summed E-state index contributed by atoms with van der Waals surface area (Å²) in [5, 5.41) is 5.57. The van der Waals surface area contributed by atoms with E-state index in [1.165, 1.54) is 18.7 Å². The maximum absolute atomic E-state index is 12.1. The highest BCUT2D eigenvalue weighted by Crippen LogP contribution is 2.20. The summed E-state index contributed by atoms with van der Waals surface area (Å²) < 4.78 is 0. The van der Waals surface area contributed by atoms with Gasteiger partial charge in [-0.15, -0.1) is 0 Å². The first-order valence-electron chi connectivity index (χ1n) is 8.92. The number of hydrogen-bond acceptors (Lipinski definition) is 3. The summed E-state index contributed by atoms with van der Waals surface area (Å²) >= 11 is 0. The molecule has 0 aliphatic carbocycles. The van der Waals surface area contributed by atoms with Crippen LogP contribution in [0.5, 0.6) is 0 Å². The molecule has 0 heterocycles. The van der Waals surface area contributed by atoms with Crippen LogP contribution in [0.3, 0.4) is 0 Å². The molecule has 0 aromatic heterocycles. The summed E-state index contributed by atoms with van der Waals surface area (Å²) in [7, 11) is 0. The van der Waals surface area contributed by atoms with Crippen LogP contribution in [-0.2, 0) is 20.8 Å². The summed E-state index contributed by atoms with van der Waals surface area (Å²) in [4.78, 5) is 36.8. The van der Waals surface area contributed by atoms with Crippen LogP contribution < -0.4 is 15.5 Å². The zero-order valence-electron chi connectivity index (χ0n) is 15.7. The average molecular weight is 367 g/mol. The molecule has 0 saturated heterocycles. The van der Waals surface area contributed by atoms with Crippen molar-refractivity contribution in [3.63, 3.8) is 0 Å². The van der Waals surface area contributed by atoms with E-state index in [-0.39, 0.29) is 30.7 Å². The van der Waals surface area contributed by atoms with Crippen molar-refractivity contribution in [1.29, 1.82) is 0 Å². The van der Waals surface area contributed by atoms with Crippen molar-refractivity contribution in [3.05, 3.63) is 60.2 Å². The Bertz CT molecular complexity index is 790. The molecule has 2 rings (SSSR count). The molecule has 0 spiro atoms. The van der Waals surface area contributed by atoms with E-state index < -0.39 is 0 Å². The average Bonchev–Trinajstić information content (AvgIpc) is 2.62. The molecule has 0 aliphatic heterocycles. The maximum atomic E-state index is 12.1. The lowest BCUT2D eigenvalue weighted by Crippen LogP contribution is -2.34. The Morgan fingerprint density at radius 3 is 2.37 bits per heavy atom. The first-order valence-corrected chi connectivity index (χ1v) is 8.92. The van der Waals surface area contributed by atoms with Gasteiger partial charge in [-0.05, 0) is 30.2 Å². The molecule has 3 amide bonds. The lowest BCUT2D eigenvalue weighted by molar-refractivity contribution is -0.121. The fourth-order valence-corrected chi connectivity index (χ4v) is 2.72. The van der Waals surface area contributed by atoms with Gasteiger partial charge in [0.1, 0.15) is 0 Å². The quantitative estimate of drug-likeness (QED) is 0.753. The fraction of sp³-hybridized carbons (Fsp3) is 0.286. The molecule has 0 radical (unpaired) electrons. The maximum Gasteiger partial charge on any atom is 0.223 e. The Balaban J connectivity index is 1.87. The molecule has 2 aromatic rings. The third kappa shape index (κ3) is 6.93. The number of anilines is 2. The normalized spacial score (nSPS) is 10.1. The zero-order valence-corrected chi connectivity index (χ0v) is 15.7. The Morgan fingerprint density at radius 2 is 1.70 bits per heavy atom. The Labute approximate surface area is 159 Å². The van der Waals surface area contributed by atoms with Crippen molar-refractivity contribution in [2.24, 2.45) is 0 Å². The summed E-state index contributed by atoms with van der Waals surface area (Å²) in [6.07, 6.45) is 0.973. The lowest BCUT2D eigenvalue weighted by atomic mass is 10.1. The van der Waals surface area contributed by atoms with E-state index in [1.807, 2.05) is 30.3 Å². The van der Waals surface area contributed by atoms with Gasteiger partial charge in [-0.3, -0.25) is 14.4 Å². The van der Waals surface area contributed by atoms with Gasteiger partial charge in [-0.2, -0.15) is 0 Å². The van der Waals surface area contributed by atoms with Crippen LogP contribution in [0.15, 0.2) is 54.6 Å². The molecule has 6 nitrogen and oxygen atoms in total. The minimum absolute atomic E-state index is 0.102. The Kier molecular flexibility index (Phi) is 7.55. The third-order valence-corrected chi connectivity index (χ3v) is 4.00. The van der Waals surface area contributed by atoms with Crippen LogP contribution in [0.4, 0.5) is 11.4 Å². The number of hydrogen-bond donors (Lipinski definition) is 2. The highest BCUT2D eigenvalue weighted by molar-refractivity contribution is 5.94. The van der Waals surface area contributed by atoms with E-state index in [0.717, 1.165) is 12.0 Å². The zero-order chi connectivity index (χ0) is 19.6. The van der Waals surface area contributed by atoms with Crippen molar-refractivity contribution in [2.75, 3.05) is 23.3 Å². The Morgan fingerprint density at radius 1 is 0.963 bits per heavy atom. The molecule has 27 heavy (non-hydrogen) atoms. The molecule has 142 valence electrons. The van der Waals surface area contributed by atoms with Crippen molar-refractivity contribution in [1.82, 2.24) is 5.32 Å².